The van der Waals surface area contributed by atoms with Crippen LogP contribution in [-0.4, -0.2) is 35.7 Å². The molecule has 0 aliphatic rings. The van der Waals surface area contributed by atoms with E-state index in [9.17, 15) is 14.0 Å². The molecule has 7 nitrogen and oxygen atoms in total. The van der Waals surface area contributed by atoms with Gasteiger partial charge >= 0.3 is 6.09 Å². The number of aromatic amines is 1. The van der Waals surface area contributed by atoms with Crippen molar-refractivity contribution in [1.82, 2.24) is 15.6 Å². The fourth-order valence-corrected chi connectivity index (χ4v) is 4.14. The van der Waals surface area contributed by atoms with Gasteiger partial charge in [0.25, 0.3) is 5.91 Å². The Labute approximate surface area is 211 Å². The average molecular weight is 493 g/mol. The number of ether oxygens (including phenoxy) is 1. The summed E-state index contributed by atoms with van der Waals surface area (Å²) in [6, 6.07) is 13.6. The van der Waals surface area contributed by atoms with Crippen LogP contribution >= 0.6 is 0 Å². The van der Waals surface area contributed by atoms with E-state index in [1.54, 1.807) is 36.4 Å². The van der Waals surface area contributed by atoms with Gasteiger partial charge in [-0.3, -0.25) is 4.79 Å². The first kappa shape index (κ1) is 26.7. The molecule has 3 aromatic rings. The van der Waals surface area contributed by atoms with Gasteiger partial charge in [-0.05, 0) is 62.8 Å². The molecule has 1 unspecified atom stereocenters. The highest BCUT2D eigenvalue weighted by atomic mass is 19.1. The smallest absolute Gasteiger partial charge is 0.407 e. The number of alkyl carbamates (subject to hydrolysis) is 1. The summed E-state index contributed by atoms with van der Waals surface area (Å²) >= 11 is 0. The average Bonchev–Trinajstić information content (AvgIpc) is 3.21. The maximum Gasteiger partial charge on any atom is 0.407 e. The summed E-state index contributed by atoms with van der Waals surface area (Å²) in [7, 11) is 0. The number of halogens is 1. The number of nitriles is 1. The first-order valence-corrected chi connectivity index (χ1v) is 12.0. The molecule has 0 aliphatic heterocycles. The van der Waals surface area contributed by atoms with Crippen molar-refractivity contribution in [2.45, 2.75) is 46.6 Å². The number of amides is 2. The lowest BCUT2D eigenvalue weighted by molar-refractivity contribution is 0.0518. The molecule has 2 amide bonds. The van der Waals surface area contributed by atoms with Crippen LogP contribution in [-0.2, 0) is 4.74 Å². The van der Waals surface area contributed by atoms with Crippen molar-refractivity contribution in [2.75, 3.05) is 13.1 Å². The van der Waals surface area contributed by atoms with Gasteiger partial charge in [0, 0.05) is 24.0 Å². The topological polar surface area (TPSA) is 107 Å². The third kappa shape index (κ3) is 6.85. The first-order chi connectivity index (χ1) is 17.0. The van der Waals surface area contributed by atoms with Crippen LogP contribution in [0.5, 0.6) is 0 Å². The molecular weight excluding hydrogens is 459 g/mol. The monoisotopic (exact) mass is 492 g/mol. The molecule has 0 spiro atoms. The molecule has 2 atom stereocenters. The van der Waals surface area contributed by atoms with Crippen LogP contribution in [0.3, 0.4) is 0 Å². The highest BCUT2D eigenvalue weighted by Crippen LogP contribution is 2.34. The van der Waals surface area contributed by atoms with Gasteiger partial charge in [0.1, 0.15) is 17.1 Å². The van der Waals surface area contributed by atoms with E-state index < -0.39 is 17.5 Å². The molecule has 2 aromatic carbocycles. The number of hydrogen-bond acceptors (Lipinski definition) is 4. The number of rotatable bonds is 8. The van der Waals surface area contributed by atoms with E-state index in [1.807, 2.05) is 34.6 Å². The molecule has 0 saturated heterocycles. The van der Waals surface area contributed by atoms with Crippen LogP contribution in [0.2, 0.25) is 0 Å². The molecule has 36 heavy (non-hydrogen) atoms. The third-order valence-corrected chi connectivity index (χ3v) is 5.72. The van der Waals surface area contributed by atoms with Crippen molar-refractivity contribution in [2.24, 2.45) is 11.8 Å². The van der Waals surface area contributed by atoms with Crippen LogP contribution in [0.4, 0.5) is 9.18 Å². The normalized spacial score (nSPS) is 13.0. The van der Waals surface area contributed by atoms with Crippen molar-refractivity contribution < 1.29 is 18.7 Å². The van der Waals surface area contributed by atoms with Gasteiger partial charge in [-0.2, -0.15) is 5.26 Å². The standard InChI is InChI=1S/C28H33FN4O3/c1-17(13-18(2)16-32-27(35)36-28(3,4)5)15-31-26(34)25-23(20-11-9-19(14-30)10-12-20)21-7-6-8-22(29)24(21)33-25/h6-12,17-18,33H,13,15-16H2,1-5H3,(H,31,34)(H,32,35)/t17-,18?/m0/s1. The van der Waals surface area contributed by atoms with Crippen molar-refractivity contribution in [3.63, 3.8) is 0 Å². The molecule has 8 heteroatoms. The molecular formula is C28H33FN4O3. The van der Waals surface area contributed by atoms with Crippen LogP contribution in [0.15, 0.2) is 42.5 Å². The zero-order valence-electron chi connectivity index (χ0n) is 21.4. The number of fused-ring (bicyclic) bond motifs is 1. The minimum atomic E-state index is -0.549. The van der Waals surface area contributed by atoms with Crippen LogP contribution in [0.25, 0.3) is 22.0 Å². The Morgan fingerprint density at radius 1 is 1.06 bits per heavy atom. The number of aromatic nitrogens is 1. The molecule has 3 rings (SSSR count). The van der Waals surface area contributed by atoms with Gasteiger partial charge in [-0.25, -0.2) is 9.18 Å². The second-order valence-electron chi connectivity index (χ2n) is 10.3. The second-order valence-corrected chi connectivity index (χ2v) is 10.3. The number of nitrogens with zero attached hydrogens (tertiary/aromatic N) is 1. The van der Waals surface area contributed by atoms with E-state index in [2.05, 4.69) is 21.7 Å². The van der Waals surface area contributed by atoms with Crippen LogP contribution in [0.1, 0.15) is 57.1 Å². The summed E-state index contributed by atoms with van der Waals surface area (Å²) in [5.41, 5.74) is 1.79. The third-order valence-electron chi connectivity index (χ3n) is 5.72. The largest absolute Gasteiger partial charge is 0.444 e. The fourth-order valence-electron chi connectivity index (χ4n) is 4.14. The lowest BCUT2D eigenvalue weighted by atomic mass is 9.97. The molecule has 0 bridgehead atoms. The van der Waals surface area contributed by atoms with Gasteiger partial charge in [0.05, 0.1) is 17.1 Å². The van der Waals surface area contributed by atoms with Gasteiger partial charge in [0.2, 0.25) is 0 Å². The predicted molar refractivity (Wildman–Crippen MR) is 138 cm³/mol. The molecule has 3 N–H and O–H groups in total. The molecule has 0 fully saturated rings. The molecule has 0 aliphatic carbocycles. The van der Waals surface area contributed by atoms with E-state index >= 15 is 0 Å². The lowest BCUT2D eigenvalue weighted by Crippen LogP contribution is -2.35. The Balaban J connectivity index is 1.68. The van der Waals surface area contributed by atoms with Gasteiger partial charge < -0.3 is 20.4 Å². The maximum absolute atomic E-state index is 14.5. The second kappa shape index (κ2) is 11.3. The Hall–Kier alpha value is -3.86. The van der Waals surface area contributed by atoms with E-state index in [1.165, 1.54) is 6.07 Å². The number of benzene rings is 2. The van der Waals surface area contributed by atoms with Gasteiger partial charge in [0.15, 0.2) is 0 Å². The van der Waals surface area contributed by atoms with E-state index in [4.69, 9.17) is 10.00 Å². The minimum absolute atomic E-state index is 0.142. The van der Waals surface area contributed by atoms with Crippen molar-refractivity contribution >= 4 is 22.9 Å². The zero-order chi connectivity index (χ0) is 26.5. The van der Waals surface area contributed by atoms with Gasteiger partial charge in [-0.1, -0.05) is 38.1 Å². The quantitative estimate of drug-likeness (QED) is 0.371. The molecule has 0 saturated carbocycles. The number of hydrogen-bond donors (Lipinski definition) is 3. The fraction of sp³-hybridized carbons (Fsp3) is 0.393. The Morgan fingerprint density at radius 2 is 1.69 bits per heavy atom. The van der Waals surface area contributed by atoms with E-state index in [0.29, 0.717) is 35.2 Å². The first-order valence-electron chi connectivity index (χ1n) is 12.0. The summed E-state index contributed by atoms with van der Waals surface area (Å²) in [5.74, 6) is -0.456. The highest BCUT2D eigenvalue weighted by Gasteiger charge is 2.22. The van der Waals surface area contributed by atoms with E-state index in [-0.39, 0.29) is 29.0 Å². The van der Waals surface area contributed by atoms with Crippen molar-refractivity contribution in [3.05, 3.63) is 59.5 Å². The number of carbonyl (C=O) groups is 2. The van der Waals surface area contributed by atoms with Crippen molar-refractivity contribution in [3.8, 4) is 17.2 Å². The molecule has 0 radical (unpaired) electrons. The van der Waals surface area contributed by atoms with Crippen LogP contribution < -0.4 is 10.6 Å². The maximum atomic E-state index is 14.5. The Morgan fingerprint density at radius 3 is 2.31 bits per heavy atom. The van der Waals surface area contributed by atoms with Gasteiger partial charge in [-0.15, -0.1) is 0 Å². The summed E-state index contributed by atoms with van der Waals surface area (Å²) in [6.45, 7) is 10.4. The Bertz CT molecular complexity index is 1270. The SMILES string of the molecule is CC(CNC(=O)OC(C)(C)C)C[C@H](C)CNC(=O)c1[nH]c2c(F)cccc2c1-c1ccc(C#N)cc1. The van der Waals surface area contributed by atoms with Crippen LogP contribution in [0, 0.1) is 29.0 Å². The summed E-state index contributed by atoms with van der Waals surface area (Å²) in [5, 5.41) is 15.4. The number of H-pyrrole nitrogens is 1. The zero-order valence-corrected chi connectivity index (χ0v) is 21.4. The summed E-state index contributed by atoms with van der Waals surface area (Å²) < 4.78 is 19.8. The molecule has 1 heterocycles. The highest BCUT2D eigenvalue weighted by molar-refractivity contribution is 6.09. The lowest BCUT2D eigenvalue weighted by Gasteiger charge is -2.22. The number of carbonyl (C=O) groups excluding carboxylic acids is 2. The van der Waals surface area contributed by atoms with E-state index in [0.717, 1.165) is 6.42 Å². The minimum Gasteiger partial charge on any atom is -0.444 e. The summed E-state index contributed by atoms with van der Waals surface area (Å²) in [6.07, 6.45) is 0.330. The number of para-hydroxylation sites is 1. The van der Waals surface area contributed by atoms with Crippen molar-refractivity contribution in [1.29, 1.82) is 5.26 Å². The predicted octanol–water partition coefficient (Wildman–Crippen LogP) is 5.76. The Kier molecular flexibility index (Phi) is 8.36. The number of nitrogens with one attached hydrogen (secondary N) is 3. The summed E-state index contributed by atoms with van der Waals surface area (Å²) in [4.78, 5) is 28.0. The molecule has 1 aromatic heterocycles. The molecule has 190 valence electrons.